The molecule has 0 amide bonds. The Morgan fingerprint density at radius 3 is 2.57 bits per heavy atom. The Morgan fingerprint density at radius 1 is 0.919 bits per heavy atom. The normalized spacial score (nSPS) is 17.8. The first kappa shape index (κ1) is 25.4. The smallest absolute Gasteiger partial charge is 0.421 e. The van der Waals surface area contributed by atoms with Crippen molar-refractivity contribution in [1.82, 2.24) is 15.0 Å². The fourth-order valence-corrected chi connectivity index (χ4v) is 4.42. The maximum Gasteiger partial charge on any atom is 0.421 e. The zero-order chi connectivity index (χ0) is 25.8. The fraction of sp³-hybridized carbons (Fsp3) is 0.407. The molecule has 0 aliphatic heterocycles. The van der Waals surface area contributed by atoms with Gasteiger partial charge < -0.3 is 24.3 Å². The predicted molar refractivity (Wildman–Crippen MR) is 132 cm³/mol. The molecule has 0 atom stereocenters. The number of hydrogen-bond donors (Lipinski definition) is 2. The number of aromatic amines is 1. The van der Waals surface area contributed by atoms with Gasteiger partial charge in [0.05, 0.1) is 6.10 Å². The van der Waals surface area contributed by atoms with Crippen LogP contribution >= 0.6 is 0 Å². The molecule has 7 nitrogen and oxygen atoms in total. The molecule has 1 saturated carbocycles. The summed E-state index contributed by atoms with van der Waals surface area (Å²) in [4.78, 5) is 11.5. The van der Waals surface area contributed by atoms with Gasteiger partial charge >= 0.3 is 6.18 Å². The Morgan fingerprint density at radius 2 is 1.76 bits per heavy atom. The number of H-pyrrole nitrogens is 1. The van der Waals surface area contributed by atoms with E-state index in [0.717, 1.165) is 34.3 Å². The molecule has 4 aromatic rings. The highest BCUT2D eigenvalue weighted by Gasteiger charge is 2.39. The number of nitrogens with zero attached hydrogens (tertiary/aromatic N) is 2. The lowest BCUT2D eigenvalue weighted by molar-refractivity contribution is -0.140. The van der Waals surface area contributed by atoms with Gasteiger partial charge in [-0.15, -0.1) is 0 Å². The van der Waals surface area contributed by atoms with E-state index < -0.39 is 17.6 Å². The van der Waals surface area contributed by atoms with Crippen molar-refractivity contribution >= 4 is 21.8 Å². The number of aliphatic hydroxyl groups is 1. The van der Waals surface area contributed by atoms with Gasteiger partial charge in [-0.3, -0.25) is 4.98 Å². The summed E-state index contributed by atoms with van der Waals surface area (Å²) in [6, 6.07) is 8.43. The van der Waals surface area contributed by atoms with Gasteiger partial charge in [0.2, 0.25) is 5.88 Å². The van der Waals surface area contributed by atoms with Crippen molar-refractivity contribution in [2.24, 2.45) is 0 Å². The molecule has 0 radical (unpaired) electrons. The molecule has 3 aromatic heterocycles. The third-order valence-corrected chi connectivity index (χ3v) is 6.45. The molecule has 0 bridgehead atoms. The van der Waals surface area contributed by atoms with Crippen LogP contribution in [0, 0.1) is 0 Å². The molecule has 1 aliphatic carbocycles. The van der Waals surface area contributed by atoms with Crippen molar-refractivity contribution in [2.45, 2.75) is 44.1 Å². The zero-order valence-corrected chi connectivity index (χ0v) is 20.1. The lowest BCUT2D eigenvalue weighted by Gasteiger charge is -2.35. The topological polar surface area (TPSA) is 89.5 Å². The third-order valence-electron chi connectivity index (χ3n) is 6.45. The van der Waals surface area contributed by atoms with E-state index in [4.69, 9.17) is 19.3 Å². The minimum Gasteiger partial charge on any atom is -0.474 e. The van der Waals surface area contributed by atoms with Crippen molar-refractivity contribution in [2.75, 3.05) is 26.4 Å². The number of aromatic nitrogens is 3. The number of rotatable bonds is 11. The van der Waals surface area contributed by atoms with Crippen molar-refractivity contribution in [3.8, 4) is 17.0 Å². The Kier molecular flexibility index (Phi) is 7.59. The predicted octanol–water partition coefficient (Wildman–Crippen LogP) is 5.51. The second-order valence-electron chi connectivity index (χ2n) is 9.13. The van der Waals surface area contributed by atoms with Crippen LogP contribution in [-0.4, -0.2) is 58.7 Å². The Balaban J connectivity index is 1.23. The molecule has 5 rings (SSSR count). The summed E-state index contributed by atoms with van der Waals surface area (Å²) in [5.74, 6) is -0.408. The zero-order valence-electron chi connectivity index (χ0n) is 20.1. The van der Waals surface area contributed by atoms with Crippen LogP contribution in [-0.2, 0) is 15.7 Å². The van der Waals surface area contributed by atoms with E-state index in [1.54, 1.807) is 18.5 Å². The molecule has 1 aliphatic rings. The van der Waals surface area contributed by atoms with Crippen LogP contribution in [0.1, 0.15) is 31.2 Å². The number of alkyl halides is 3. The fourth-order valence-electron chi connectivity index (χ4n) is 4.42. The van der Waals surface area contributed by atoms with E-state index in [1.807, 2.05) is 18.2 Å². The second-order valence-corrected chi connectivity index (χ2v) is 9.13. The SMILES string of the molecule is OCCCOCCCO[C@H]1C[C@H](Oc2ncc(-c3ccc4c(c3)[nH]c3ccncc34)cc2C(F)(F)F)C1. The van der Waals surface area contributed by atoms with Crippen LogP contribution in [0.4, 0.5) is 13.2 Å². The summed E-state index contributed by atoms with van der Waals surface area (Å²) < 4.78 is 58.5. The van der Waals surface area contributed by atoms with Crippen LogP contribution in [0.15, 0.2) is 48.9 Å². The van der Waals surface area contributed by atoms with E-state index in [2.05, 4.69) is 15.0 Å². The van der Waals surface area contributed by atoms with Crippen molar-refractivity contribution in [1.29, 1.82) is 0 Å². The molecule has 196 valence electrons. The van der Waals surface area contributed by atoms with Crippen LogP contribution < -0.4 is 4.74 Å². The molecule has 0 unspecified atom stereocenters. The summed E-state index contributed by atoms with van der Waals surface area (Å²) in [6.45, 7) is 1.67. The number of fused-ring (bicyclic) bond motifs is 3. The highest BCUT2D eigenvalue weighted by atomic mass is 19.4. The number of pyridine rings is 2. The number of benzene rings is 1. The Labute approximate surface area is 211 Å². The van der Waals surface area contributed by atoms with E-state index in [-0.39, 0.29) is 18.8 Å². The second kappa shape index (κ2) is 11.0. The first-order valence-corrected chi connectivity index (χ1v) is 12.3. The monoisotopic (exact) mass is 515 g/mol. The number of aliphatic hydroxyl groups excluding tert-OH is 1. The van der Waals surface area contributed by atoms with E-state index in [9.17, 15) is 13.2 Å². The molecular formula is C27H28F3N3O4. The van der Waals surface area contributed by atoms with Gasteiger partial charge in [-0.05, 0) is 36.6 Å². The number of nitrogens with one attached hydrogen (secondary N) is 1. The molecular weight excluding hydrogens is 487 g/mol. The molecule has 10 heteroatoms. The van der Waals surface area contributed by atoms with Crippen molar-refractivity contribution in [3.05, 3.63) is 54.5 Å². The molecule has 1 fully saturated rings. The first-order valence-electron chi connectivity index (χ1n) is 12.3. The minimum absolute atomic E-state index is 0.0470. The summed E-state index contributed by atoms with van der Waals surface area (Å²) >= 11 is 0. The van der Waals surface area contributed by atoms with Gasteiger partial charge in [0.25, 0.3) is 0 Å². The number of halogens is 3. The van der Waals surface area contributed by atoms with Gasteiger partial charge in [-0.1, -0.05) is 12.1 Å². The third kappa shape index (κ3) is 5.87. The summed E-state index contributed by atoms with van der Waals surface area (Å²) in [5.41, 5.74) is 1.81. The van der Waals surface area contributed by atoms with E-state index >= 15 is 0 Å². The minimum atomic E-state index is -4.61. The van der Waals surface area contributed by atoms with Gasteiger partial charge in [-0.25, -0.2) is 4.98 Å². The lowest BCUT2D eigenvalue weighted by Crippen LogP contribution is -2.40. The number of hydrogen-bond acceptors (Lipinski definition) is 6. The molecule has 37 heavy (non-hydrogen) atoms. The van der Waals surface area contributed by atoms with Crippen LogP contribution in [0.25, 0.3) is 32.9 Å². The Bertz CT molecular complexity index is 1350. The van der Waals surface area contributed by atoms with Crippen LogP contribution in [0.3, 0.4) is 0 Å². The summed E-state index contributed by atoms with van der Waals surface area (Å²) in [6.07, 6.45) is 2.18. The molecule has 1 aromatic carbocycles. The standard InChI is InChI=1S/C27H28F3N3O4/c28-27(29,30)23-11-18(17-3-4-21-22-16-31-6-5-24(22)33-25(21)12-17)15-32-26(23)37-20-13-19(14-20)36-10-2-9-35-8-1-7-34/h3-6,11-12,15-16,19-20,33-34H,1-2,7-10,13-14H2/t19-,20-. The molecule has 3 heterocycles. The van der Waals surface area contributed by atoms with Gasteiger partial charge in [-0.2, -0.15) is 13.2 Å². The van der Waals surface area contributed by atoms with Gasteiger partial charge in [0.15, 0.2) is 0 Å². The van der Waals surface area contributed by atoms with Crippen LogP contribution in [0.2, 0.25) is 0 Å². The molecule has 0 saturated heterocycles. The molecule has 2 N–H and O–H groups in total. The lowest BCUT2D eigenvalue weighted by atomic mass is 9.92. The van der Waals surface area contributed by atoms with E-state index in [0.29, 0.717) is 50.2 Å². The van der Waals surface area contributed by atoms with Gasteiger partial charge in [0, 0.05) is 85.2 Å². The summed E-state index contributed by atoms with van der Waals surface area (Å²) in [5, 5.41) is 10.6. The average molecular weight is 516 g/mol. The van der Waals surface area contributed by atoms with E-state index in [1.165, 1.54) is 6.20 Å². The van der Waals surface area contributed by atoms with Gasteiger partial charge in [0.1, 0.15) is 11.7 Å². The summed E-state index contributed by atoms with van der Waals surface area (Å²) in [7, 11) is 0. The Hall–Kier alpha value is -3.21. The van der Waals surface area contributed by atoms with Crippen molar-refractivity contribution < 1.29 is 32.5 Å². The maximum absolute atomic E-state index is 13.9. The highest BCUT2D eigenvalue weighted by Crippen LogP contribution is 2.40. The molecule has 0 spiro atoms. The van der Waals surface area contributed by atoms with Crippen LogP contribution in [0.5, 0.6) is 5.88 Å². The highest BCUT2D eigenvalue weighted by molar-refractivity contribution is 6.07. The number of ether oxygens (including phenoxy) is 3. The van der Waals surface area contributed by atoms with Crippen molar-refractivity contribution in [3.63, 3.8) is 0 Å². The maximum atomic E-state index is 13.9. The average Bonchev–Trinajstić information content (AvgIpc) is 3.23. The largest absolute Gasteiger partial charge is 0.474 e. The quantitative estimate of drug-likeness (QED) is 0.256. The first-order chi connectivity index (χ1) is 17.9.